The lowest BCUT2D eigenvalue weighted by Gasteiger charge is -2.38. The third-order valence-electron chi connectivity index (χ3n) is 4.28. The minimum Gasteiger partial charge on any atom is -0.336 e. The average molecular weight is 268 g/mol. The smallest absolute Gasteiger partial charge is 0.317 e. The minimum atomic E-state index is 0.104. The molecule has 2 aliphatic heterocycles. The highest BCUT2D eigenvalue weighted by molar-refractivity contribution is 5.76. The number of likely N-dealkylation sites (tertiary alicyclic amines) is 1. The summed E-state index contributed by atoms with van der Waals surface area (Å²) >= 11 is 0. The molecule has 0 radical (unpaired) electrons. The minimum absolute atomic E-state index is 0.104. The van der Waals surface area contributed by atoms with Crippen molar-refractivity contribution >= 4 is 6.03 Å². The fraction of sp³-hybridized carbons (Fsp3) is 0.929. The van der Waals surface area contributed by atoms with E-state index < -0.39 is 0 Å². The summed E-state index contributed by atoms with van der Waals surface area (Å²) in [6.45, 7) is 11.5. The van der Waals surface area contributed by atoms with E-state index in [2.05, 4.69) is 29.4 Å². The Morgan fingerprint density at radius 3 is 2.84 bits per heavy atom. The molecule has 2 atom stereocenters. The van der Waals surface area contributed by atoms with Crippen molar-refractivity contribution in [2.45, 2.75) is 32.7 Å². The summed E-state index contributed by atoms with van der Waals surface area (Å²) in [6.07, 6.45) is 2.43. The van der Waals surface area contributed by atoms with Crippen LogP contribution in [0.5, 0.6) is 0 Å². The van der Waals surface area contributed by atoms with Gasteiger partial charge in [0.15, 0.2) is 0 Å². The maximum absolute atomic E-state index is 11.5. The van der Waals surface area contributed by atoms with Gasteiger partial charge in [-0.2, -0.15) is 0 Å². The molecule has 110 valence electrons. The van der Waals surface area contributed by atoms with E-state index in [0.717, 1.165) is 45.8 Å². The van der Waals surface area contributed by atoms with Crippen molar-refractivity contribution in [2.24, 2.45) is 5.92 Å². The van der Waals surface area contributed by atoms with Crippen molar-refractivity contribution in [3.8, 4) is 0 Å². The highest BCUT2D eigenvalue weighted by Crippen LogP contribution is 2.16. The SMILES string of the molecule is CCCNC1CCN(CCN2CCNC2=O)CC1C. The van der Waals surface area contributed by atoms with Gasteiger partial charge >= 0.3 is 6.03 Å². The number of nitrogens with one attached hydrogen (secondary N) is 2. The number of hydrogen-bond donors (Lipinski definition) is 2. The molecule has 0 aliphatic carbocycles. The lowest BCUT2D eigenvalue weighted by molar-refractivity contribution is 0.136. The molecule has 0 aromatic rings. The standard InChI is InChI=1S/C14H28N4O/c1-3-5-15-13-4-7-17(11-12(13)2)9-10-18-8-6-16-14(18)19/h12-13,15H,3-11H2,1-2H3,(H,16,19). The predicted octanol–water partition coefficient (Wildman–Crippen LogP) is 0.722. The Morgan fingerprint density at radius 1 is 1.37 bits per heavy atom. The Kier molecular flexibility index (Phi) is 5.45. The van der Waals surface area contributed by atoms with Crippen molar-refractivity contribution in [1.29, 1.82) is 0 Å². The van der Waals surface area contributed by atoms with Gasteiger partial charge < -0.3 is 20.4 Å². The van der Waals surface area contributed by atoms with Gasteiger partial charge in [-0.05, 0) is 31.8 Å². The largest absolute Gasteiger partial charge is 0.336 e. The van der Waals surface area contributed by atoms with Crippen LogP contribution in [0, 0.1) is 5.92 Å². The number of carbonyl (C=O) groups excluding carboxylic acids is 1. The van der Waals surface area contributed by atoms with Crippen molar-refractivity contribution in [1.82, 2.24) is 20.4 Å². The van der Waals surface area contributed by atoms with E-state index in [9.17, 15) is 4.79 Å². The predicted molar refractivity (Wildman–Crippen MR) is 77.3 cm³/mol. The van der Waals surface area contributed by atoms with Crippen LogP contribution in [0.2, 0.25) is 0 Å². The fourth-order valence-corrected chi connectivity index (χ4v) is 3.05. The second kappa shape index (κ2) is 7.10. The normalized spacial score (nSPS) is 28.7. The quantitative estimate of drug-likeness (QED) is 0.746. The second-order valence-corrected chi connectivity index (χ2v) is 5.85. The molecule has 0 aromatic heterocycles. The zero-order chi connectivity index (χ0) is 13.7. The number of urea groups is 1. The van der Waals surface area contributed by atoms with Crippen LogP contribution in [0.3, 0.4) is 0 Å². The van der Waals surface area contributed by atoms with Crippen molar-refractivity contribution in [2.75, 3.05) is 45.8 Å². The Balaban J connectivity index is 1.68. The summed E-state index contributed by atoms with van der Waals surface area (Å²) in [5.41, 5.74) is 0. The lowest BCUT2D eigenvalue weighted by Crippen LogP contribution is -2.50. The van der Waals surface area contributed by atoms with Crippen LogP contribution in [0.4, 0.5) is 4.79 Å². The zero-order valence-corrected chi connectivity index (χ0v) is 12.3. The third-order valence-corrected chi connectivity index (χ3v) is 4.28. The number of hydrogen-bond acceptors (Lipinski definition) is 3. The first kappa shape index (κ1) is 14.6. The molecule has 2 amide bonds. The monoisotopic (exact) mass is 268 g/mol. The van der Waals surface area contributed by atoms with E-state index in [0.29, 0.717) is 12.0 Å². The van der Waals surface area contributed by atoms with Crippen LogP contribution in [-0.2, 0) is 0 Å². The molecule has 2 heterocycles. The molecule has 2 unspecified atom stereocenters. The first-order chi connectivity index (χ1) is 9.20. The molecule has 19 heavy (non-hydrogen) atoms. The van der Waals surface area contributed by atoms with Gasteiger partial charge in [0, 0.05) is 38.8 Å². The van der Waals surface area contributed by atoms with E-state index in [1.54, 1.807) is 0 Å². The highest BCUT2D eigenvalue weighted by atomic mass is 16.2. The van der Waals surface area contributed by atoms with Gasteiger partial charge in [0.2, 0.25) is 0 Å². The summed E-state index contributed by atoms with van der Waals surface area (Å²) in [6, 6.07) is 0.777. The topological polar surface area (TPSA) is 47.6 Å². The van der Waals surface area contributed by atoms with Crippen molar-refractivity contribution in [3.05, 3.63) is 0 Å². The van der Waals surface area contributed by atoms with Crippen LogP contribution in [0.1, 0.15) is 26.7 Å². The van der Waals surface area contributed by atoms with Gasteiger partial charge in [-0.3, -0.25) is 0 Å². The van der Waals surface area contributed by atoms with Gasteiger partial charge in [0.1, 0.15) is 0 Å². The Labute approximate surface area is 116 Å². The first-order valence-electron chi connectivity index (χ1n) is 7.69. The fourth-order valence-electron chi connectivity index (χ4n) is 3.05. The van der Waals surface area contributed by atoms with Gasteiger partial charge in [0.05, 0.1) is 0 Å². The number of rotatable bonds is 6. The van der Waals surface area contributed by atoms with Crippen LogP contribution in [-0.4, -0.2) is 67.7 Å². The molecule has 0 bridgehead atoms. The van der Waals surface area contributed by atoms with E-state index in [1.807, 2.05) is 4.90 Å². The van der Waals surface area contributed by atoms with E-state index in [4.69, 9.17) is 0 Å². The Morgan fingerprint density at radius 2 is 2.21 bits per heavy atom. The summed E-state index contributed by atoms with van der Waals surface area (Å²) in [4.78, 5) is 15.9. The summed E-state index contributed by atoms with van der Waals surface area (Å²) in [5, 5.41) is 6.50. The van der Waals surface area contributed by atoms with Crippen LogP contribution in [0.15, 0.2) is 0 Å². The lowest BCUT2D eigenvalue weighted by atomic mass is 9.94. The molecule has 0 aromatic carbocycles. The summed E-state index contributed by atoms with van der Waals surface area (Å²) < 4.78 is 0. The number of carbonyl (C=O) groups is 1. The van der Waals surface area contributed by atoms with Crippen LogP contribution >= 0.6 is 0 Å². The van der Waals surface area contributed by atoms with Gasteiger partial charge in [-0.15, -0.1) is 0 Å². The molecular formula is C14H28N4O. The zero-order valence-electron chi connectivity index (χ0n) is 12.3. The molecule has 0 spiro atoms. The third kappa shape index (κ3) is 4.08. The summed E-state index contributed by atoms with van der Waals surface area (Å²) in [5.74, 6) is 0.702. The number of nitrogens with zero attached hydrogens (tertiary/aromatic N) is 2. The van der Waals surface area contributed by atoms with E-state index in [-0.39, 0.29) is 6.03 Å². The van der Waals surface area contributed by atoms with Crippen molar-refractivity contribution in [3.63, 3.8) is 0 Å². The molecule has 5 nitrogen and oxygen atoms in total. The van der Waals surface area contributed by atoms with E-state index in [1.165, 1.54) is 12.8 Å². The molecule has 2 aliphatic rings. The molecule has 0 saturated carbocycles. The Hall–Kier alpha value is -0.810. The van der Waals surface area contributed by atoms with E-state index >= 15 is 0 Å². The molecule has 5 heteroatoms. The molecule has 2 saturated heterocycles. The van der Waals surface area contributed by atoms with Gasteiger partial charge in [0.25, 0.3) is 0 Å². The molecule has 2 fully saturated rings. The number of amides is 2. The maximum Gasteiger partial charge on any atom is 0.317 e. The van der Waals surface area contributed by atoms with Gasteiger partial charge in [-0.25, -0.2) is 4.79 Å². The molecule has 2 N–H and O–H groups in total. The average Bonchev–Trinajstić information content (AvgIpc) is 2.81. The maximum atomic E-state index is 11.5. The molecular weight excluding hydrogens is 240 g/mol. The number of piperidine rings is 1. The summed E-state index contributed by atoms with van der Waals surface area (Å²) in [7, 11) is 0. The molecule has 2 rings (SSSR count). The van der Waals surface area contributed by atoms with Crippen LogP contribution < -0.4 is 10.6 Å². The van der Waals surface area contributed by atoms with Gasteiger partial charge in [-0.1, -0.05) is 13.8 Å². The highest BCUT2D eigenvalue weighted by Gasteiger charge is 2.26. The van der Waals surface area contributed by atoms with Crippen molar-refractivity contribution < 1.29 is 4.79 Å². The Bertz CT molecular complexity index is 297. The first-order valence-corrected chi connectivity index (χ1v) is 7.69. The second-order valence-electron chi connectivity index (χ2n) is 5.85. The van der Waals surface area contributed by atoms with Crippen LogP contribution in [0.25, 0.3) is 0 Å².